The fourth-order valence-corrected chi connectivity index (χ4v) is 1.96. The van der Waals surface area contributed by atoms with E-state index in [2.05, 4.69) is 15.1 Å². The SMILES string of the molecule is Cc1nn(Cc2ccccc2F)c2ncncc12. The van der Waals surface area contributed by atoms with Crippen molar-refractivity contribution in [1.29, 1.82) is 0 Å². The van der Waals surface area contributed by atoms with E-state index < -0.39 is 0 Å². The minimum absolute atomic E-state index is 0.229. The molecule has 0 saturated carbocycles. The molecule has 4 nitrogen and oxygen atoms in total. The van der Waals surface area contributed by atoms with Crippen LogP contribution in [0.1, 0.15) is 11.3 Å². The van der Waals surface area contributed by atoms with Crippen molar-refractivity contribution in [3.05, 3.63) is 53.9 Å². The van der Waals surface area contributed by atoms with Gasteiger partial charge in [0.05, 0.1) is 17.6 Å². The van der Waals surface area contributed by atoms with Crippen molar-refractivity contribution in [3.8, 4) is 0 Å². The lowest BCUT2D eigenvalue weighted by Gasteiger charge is -2.03. The number of benzene rings is 1. The third kappa shape index (κ3) is 1.73. The van der Waals surface area contributed by atoms with Gasteiger partial charge in [0, 0.05) is 11.8 Å². The Balaban J connectivity index is 2.08. The molecule has 3 aromatic rings. The quantitative estimate of drug-likeness (QED) is 0.692. The van der Waals surface area contributed by atoms with Gasteiger partial charge in [-0.1, -0.05) is 18.2 Å². The van der Waals surface area contributed by atoms with E-state index in [-0.39, 0.29) is 5.82 Å². The first-order chi connectivity index (χ1) is 8.75. The van der Waals surface area contributed by atoms with Crippen molar-refractivity contribution in [2.24, 2.45) is 0 Å². The Hall–Kier alpha value is -2.30. The fraction of sp³-hybridized carbons (Fsp3) is 0.154. The first kappa shape index (κ1) is 10.8. The summed E-state index contributed by atoms with van der Waals surface area (Å²) in [4.78, 5) is 8.17. The Morgan fingerprint density at radius 1 is 1.28 bits per heavy atom. The predicted molar refractivity (Wildman–Crippen MR) is 65.6 cm³/mol. The van der Waals surface area contributed by atoms with Crippen molar-refractivity contribution < 1.29 is 4.39 Å². The molecular formula is C13H11FN4. The van der Waals surface area contributed by atoms with Crippen LogP contribution < -0.4 is 0 Å². The Bertz CT molecular complexity index is 705. The molecule has 90 valence electrons. The highest BCUT2D eigenvalue weighted by Crippen LogP contribution is 2.16. The summed E-state index contributed by atoms with van der Waals surface area (Å²) in [6, 6.07) is 6.68. The van der Waals surface area contributed by atoms with Gasteiger partial charge in [-0.3, -0.25) is 0 Å². The van der Waals surface area contributed by atoms with Crippen LogP contribution in [0.4, 0.5) is 4.39 Å². The van der Waals surface area contributed by atoms with Crippen molar-refractivity contribution in [2.45, 2.75) is 13.5 Å². The lowest BCUT2D eigenvalue weighted by molar-refractivity contribution is 0.588. The molecule has 2 aromatic heterocycles. The largest absolute Gasteiger partial charge is 0.244 e. The molecule has 18 heavy (non-hydrogen) atoms. The van der Waals surface area contributed by atoms with Gasteiger partial charge in [-0.05, 0) is 13.0 Å². The summed E-state index contributed by atoms with van der Waals surface area (Å²) >= 11 is 0. The molecule has 0 fully saturated rings. The maximum atomic E-state index is 13.6. The molecule has 5 heteroatoms. The normalized spacial score (nSPS) is 11.0. The Morgan fingerprint density at radius 2 is 2.11 bits per heavy atom. The van der Waals surface area contributed by atoms with E-state index >= 15 is 0 Å². The van der Waals surface area contributed by atoms with Gasteiger partial charge in [-0.25, -0.2) is 19.0 Å². The van der Waals surface area contributed by atoms with Crippen LogP contribution in [0.3, 0.4) is 0 Å². The van der Waals surface area contributed by atoms with Crippen molar-refractivity contribution in [1.82, 2.24) is 19.7 Å². The molecule has 3 rings (SSSR count). The van der Waals surface area contributed by atoms with Gasteiger partial charge in [-0.2, -0.15) is 5.10 Å². The average molecular weight is 242 g/mol. The summed E-state index contributed by atoms with van der Waals surface area (Å²) < 4.78 is 15.3. The molecule has 0 bridgehead atoms. The van der Waals surface area contributed by atoms with E-state index in [4.69, 9.17) is 0 Å². The van der Waals surface area contributed by atoms with Gasteiger partial charge >= 0.3 is 0 Å². The molecule has 0 radical (unpaired) electrons. The number of halogens is 1. The molecule has 0 saturated heterocycles. The molecule has 2 heterocycles. The zero-order valence-electron chi connectivity index (χ0n) is 9.84. The van der Waals surface area contributed by atoms with Gasteiger partial charge in [0.2, 0.25) is 0 Å². The average Bonchev–Trinajstić information content (AvgIpc) is 2.70. The molecule has 0 aliphatic carbocycles. The van der Waals surface area contributed by atoms with Crippen molar-refractivity contribution in [2.75, 3.05) is 0 Å². The highest BCUT2D eigenvalue weighted by atomic mass is 19.1. The summed E-state index contributed by atoms with van der Waals surface area (Å²) in [6.45, 7) is 2.26. The smallest absolute Gasteiger partial charge is 0.161 e. The maximum Gasteiger partial charge on any atom is 0.161 e. The zero-order chi connectivity index (χ0) is 12.5. The van der Waals surface area contributed by atoms with Crippen molar-refractivity contribution >= 4 is 11.0 Å². The molecule has 0 unspecified atom stereocenters. The predicted octanol–water partition coefficient (Wildman–Crippen LogP) is 2.32. The Morgan fingerprint density at radius 3 is 2.94 bits per heavy atom. The molecule has 0 amide bonds. The molecular weight excluding hydrogens is 231 g/mol. The third-order valence-corrected chi connectivity index (χ3v) is 2.87. The van der Waals surface area contributed by atoms with Gasteiger partial charge in [-0.15, -0.1) is 0 Å². The molecule has 0 aliphatic rings. The highest BCUT2D eigenvalue weighted by molar-refractivity contribution is 5.76. The van der Waals surface area contributed by atoms with Crippen LogP contribution in [0.2, 0.25) is 0 Å². The first-order valence-electron chi connectivity index (χ1n) is 5.62. The van der Waals surface area contributed by atoms with E-state index in [1.54, 1.807) is 23.0 Å². The molecule has 0 N–H and O–H groups in total. The zero-order valence-corrected chi connectivity index (χ0v) is 9.84. The lowest BCUT2D eigenvalue weighted by Crippen LogP contribution is -2.04. The van der Waals surface area contributed by atoms with Crippen LogP contribution in [-0.4, -0.2) is 19.7 Å². The van der Waals surface area contributed by atoms with Crippen LogP contribution in [0.15, 0.2) is 36.8 Å². The minimum Gasteiger partial charge on any atom is -0.244 e. The lowest BCUT2D eigenvalue weighted by atomic mass is 10.2. The van der Waals surface area contributed by atoms with E-state index in [0.717, 1.165) is 16.7 Å². The first-order valence-corrected chi connectivity index (χ1v) is 5.62. The van der Waals surface area contributed by atoms with E-state index in [0.29, 0.717) is 12.1 Å². The summed E-state index contributed by atoms with van der Waals surface area (Å²) in [7, 11) is 0. The van der Waals surface area contributed by atoms with Gasteiger partial charge < -0.3 is 0 Å². The Labute approximate surface area is 103 Å². The standard InChI is InChI=1S/C13H11FN4/c1-9-11-6-15-8-16-13(11)18(17-9)7-10-4-2-3-5-12(10)14/h2-6,8H,7H2,1H3. The van der Waals surface area contributed by atoms with Gasteiger partial charge in [0.1, 0.15) is 12.1 Å². The van der Waals surface area contributed by atoms with E-state index in [1.807, 2.05) is 13.0 Å². The number of nitrogens with zero attached hydrogens (tertiary/aromatic N) is 4. The molecule has 1 aromatic carbocycles. The monoisotopic (exact) mass is 242 g/mol. The van der Waals surface area contributed by atoms with Crippen LogP contribution in [-0.2, 0) is 6.54 Å². The summed E-state index contributed by atoms with van der Waals surface area (Å²) in [5.41, 5.74) is 2.17. The highest BCUT2D eigenvalue weighted by Gasteiger charge is 2.10. The van der Waals surface area contributed by atoms with Crippen LogP contribution in [0.25, 0.3) is 11.0 Å². The summed E-state index contributed by atoms with van der Waals surface area (Å²) in [5, 5.41) is 5.27. The second-order valence-electron chi connectivity index (χ2n) is 4.09. The van der Waals surface area contributed by atoms with E-state index in [9.17, 15) is 4.39 Å². The number of hydrogen-bond donors (Lipinski definition) is 0. The van der Waals surface area contributed by atoms with Crippen LogP contribution in [0.5, 0.6) is 0 Å². The number of fused-ring (bicyclic) bond motifs is 1. The number of aryl methyl sites for hydroxylation is 1. The molecule has 0 spiro atoms. The molecule has 0 aliphatic heterocycles. The van der Waals surface area contributed by atoms with E-state index in [1.165, 1.54) is 12.4 Å². The Kier molecular flexibility index (Phi) is 2.51. The number of aromatic nitrogens is 4. The number of hydrogen-bond acceptors (Lipinski definition) is 3. The van der Waals surface area contributed by atoms with Crippen LogP contribution >= 0.6 is 0 Å². The van der Waals surface area contributed by atoms with Crippen LogP contribution in [0, 0.1) is 12.7 Å². The second kappa shape index (κ2) is 4.18. The summed E-state index contributed by atoms with van der Waals surface area (Å²) in [6.07, 6.45) is 3.20. The van der Waals surface area contributed by atoms with Gasteiger partial charge in [0.25, 0.3) is 0 Å². The second-order valence-corrected chi connectivity index (χ2v) is 4.09. The van der Waals surface area contributed by atoms with Gasteiger partial charge in [0.15, 0.2) is 5.65 Å². The number of rotatable bonds is 2. The molecule has 0 atom stereocenters. The maximum absolute atomic E-state index is 13.6. The third-order valence-electron chi connectivity index (χ3n) is 2.87. The topological polar surface area (TPSA) is 43.6 Å². The van der Waals surface area contributed by atoms with Crippen molar-refractivity contribution in [3.63, 3.8) is 0 Å². The fourth-order valence-electron chi connectivity index (χ4n) is 1.96. The summed E-state index contributed by atoms with van der Waals surface area (Å²) in [5.74, 6) is -0.229. The minimum atomic E-state index is -0.229.